The number of amides is 1. The molecule has 0 heterocycles. The Bertz CT molecular complexity index is 396. The fourth-order valence-corrected chi connectivity index (χ4v) is 1.66. The molecule has 0 atom stereocenters. The number of carbonyl (C=O) groups is 1. The summed E-state index contributed by atoms with van der Waals surface area (Å²) >= 11 is 3.38. The zero-order valence-corrected chi connectivity index (χ0v) is 11.3. The molecule has 0 bridgehead atoms. The van der Waals surface area contributed by atoms with Gasteiger partial charge in [0.1, 0.15) is 5.60 Å². The summed E-state index contributed by atoms with van der Waals surface area (Å²) in [5, 5.41) is 12.3. The van der Waals surface area contributed by atoms with Crippen molar-refractivity contribution in [1.82, 2.24) is 0 Å². The van der Waals surface area contributed by atoms with Crippen molar-refractivity contribution in [3.63, 3.8) is 0 Å². The highest BCUT2D eigenvalue weighted by Gasteiger charge is 2.24. The molecule has 0 aromatic heterocycles. The number of aliphatic hydroxyl groups is 1. The number of rotatable bonds is 3. The first-order valence-electron chi connectivity index (χ1n) is 5.17. The molecule has 1 aromatic rings. The number of nitrogens with one attached hydrogen (secondary N) is 1. The Morgan fingerprint density at radius 1 is 1.50 bits per heavy atom. The molecule has 0 spiro atoms. The van der Waals surface area contributed by atoms with Crippen LogP contribution in [0.1, 0.15) is 26.3 Å². The van der Waals surface area contributed by atoms with Gasteiger partial charge in [-0.15, -0.1) is 0 Å². The fraction of sp³-hybridized carbons (Fsp3) is 0.417. The highest BCUT2D eigenvalue weighted by molar-refractivity contribution is 9.10. The third kappa shape index (κ3) is 3.32. The number of benzene rings is 1. The van der Waals surface area contributed by atoms with Crippen LogP contribution < -0.4 is 5.32 Å². The number of halogens is 1. The summed E-state index contributed by atoms with van der Waals surface area (Å²) in [5.74, 6) is -0.399. The minimum Gasteiger partial charge on any atom is -0.381 e. The van der Waals surface area contributed by atoms with E-state index >= 15 is 0 Å². The van der Waals surface area contributed by atoms with Crippen molar-refractivity contribution in [3.8, 4) is 0 Å². The first-order valence-corrected chi connectivity index (χ1v) is 5.96. The van der Waals surface area contributed by atoms with Gasteiger partial charge in [-0.05, 0) is 44.0 Å². The topological polar surface area (TPSA) is 49.3 Å². The van der Waals surface area contributed by atoms with Gasteiger partial charge in [0.25, 0.3) is 5.91 Å². The van der Waals surface area contributed by atoms with E-state index in [0.717, 1.165) is 22.1 Å². The van der Waals surface area contributed by atoms with E-state index in [9.17, 15) is 9.90 Å². The van der Waals surface area contributed by atoms with Gasteiger partial charge in [0, 0.05) is 10.2 Å². The third-order valence-electron chi connectivity index (χ3n) is 2.25. The van der Waals surface area contributed by atoms with E-state index in [1.807, 2.05) is 25.1 Å². The molecule has 88 valence electrons. The number of anilines is 1. The van der Waals surface area contributed by atoms with E-state index in [1.54, 1.807) is 0 Å². The van der Waals surface area contributed by atoms with Crippen LogP contribution in [0.4, 0.5) is 5.69 Å². The van der Waals surface area contributed by atoms with Gasteiger partial charge in [0.15, 0.2) is 0 Å². The lowest BCUT2D eigenvalue weighted by molar-refractivity contribution is -0.130. The van der Waals surface area contributed by atoms with Crippen LogP contribution in [0.15, 0.2) is 22.7 Å². The van der Waals surface area contributed by atoms with Gasteiger partial charge in [-0.3, -0.25) is 4.79 Å². The van der Waals surface area contributed by atoms with Gasteiger partial charge in [0.2, 0.25) is 0 Å². The molecule has 0 aliphatic rings. The van der Waals surface area contributed by atoms with Crippen molar-refractivity contribution in [2.45, 2.75) is 32.8 Å². The lowest BCUT2D eigenvalue weighted by Gasteiger charge is -2.18. The zero-order valence-electron chi connectivity index (χ0n) is 9.67. The SMILES string of the molecule is CCc1cc(Br)ccc1NC(=O)C(C)(C)O. The highest BCUT2D eigenvalue weighted by atomic mass is 79.9. The van der Waals surface area contributed by atoms with E-state index in [-0.39, 0.29) is 0 Å². The zero-order chi connectivity index (χ0) is 12.3. The van der Waals surface area contributed by atoms with Crippen LogP contribution in [0, 0.1) is 0 Å². The average molecular weight is 286 g/mol. The summed E-state index contributed by atoms with van der Waals surface area (Å²) in [4.78, 5) is 11.6. The normalized spacial score (nSPS) is 11.3. The first-order chi connectivity index (χ1) is 7.34. The average Bonchev–Trinajstić information content (AvgIpc) is 2.19. The summed E-state index contributed by atoms with van der Waals surface area (Å²) < 4.78 is 0.977. The summed E-state index contributed by atoms with van der Waals surface area (Å²) in [7, 11) is 0. The lowest BCUT2D eigenvalue weighted by atomic mass is 10.1. The van der Waals surface area contributed by atoms with Crippen LogP contribution in [0.3, 0.4) is 0 Å². The Labute approximate surface area is 104 Å². The van der Waals surface area contributed by atoms with Crippen LogP contribution in [-0.2, 0) is 11.2 Å². The van der Waals surface area contributed by atoms with Crippen LogP contribution >= 0.6 is 15.9 Å². The Hall–Kier alpha value is -0.870. The number of aryl methyl sites for hydroxylation is 1. The van der Waals surface area contributed by atoms with Gasteiger partial charge in [-0.25, -0.2) is 0 Å². The second-order valence-electron chi connectivity index (χ2n) is 4.17. The molecule has 0 unspecified atom stereocenters. The second-order valence-corrected chi connectivity index (χ2v) is 5.08. The van der Waals surface area contributed by atoms with Crippen molar-refractivity contribution < 1.29 is 9.90 Å². The maximum atomic E-state index is 11.6. The Kier molecular flexibility index (Phi) is 4.10. The summed E-state index contributed by atoms with van der Waals surface area (Å²) in [6.45, 7) is 4.95. The third-order valence-corrected chi connectivity index (χ3v) is 2.75. The molecule has 1 rings (SSSR count). The number of carbonyl (C=O) groups excluding carboxylic acids is 1. The first kappa shape index (κ1) is 13.2. The molecule has 0 radical (unpaired) electrons. The second kappa shape index (κ2) is 4.97. The summed E-state index contributed by atoms with van der Waals surface area (Å²) in [5.41, 5.74) is 0.419. The van der Waals surface area contributed by atoms with Crippen LogP contribution in [0.25, 0.3) is 0 Å². The molecule has 16 heavy (non-hydrogen) atoms. The van der Waals surface area contributed by atoms with Crippen molar-refractivity contribution in [2.75, 3.05) is 5.32 Å². The summed E-state index contributed by atoms with van der Waals surface area (Å²) in [6.07, 6.45) is 0.820. The van der Waals surface area contributed by atoms with Gasteiger partial charge >= 0.3 is 0 Å². The smallest absolute Gasteiger partial charge is 0.255 e. The van der Waals surface area contributed by atoms with Crippen molar-refractivity contribution in [2.24, 2.45) is 0 Å². The molecule has 1 amide bonds. The van der Waals surface area contributed by atoms with Gasteiger partial charge in [-0.1, -0.05) is 22.9 Å². The van der Waals surface area contributed by atoms with E-state index in [0.29, 0.717) is 0 Å². The van der Waals surface area contributed by atoms with Crippen LogP contribution in [0.5, 0.6) is 0 Å². The van der Waals surface area contributed by atoms with Crippen molar-refractivity contribution in [3.05, 3.63) is 28.2 Å². The molecule has 1 aromatic carbocycles. The van der Waals surface area contributed by atoms with Gasteiger partial charge in [0.05, 0.1) is 0 Å². The predicted octanol–water partition coefficient (Wildman–Crippen LogP) is 2.72. The quantitative estimate of drug-likeness (QED) is 0.897. The Morgan fingerprint density at radius 2 is 2.12 bits per heavy atom. The molecule has 0 aliphatic carbocycles. The van der Waals surface area contributed by atoms with Crippen molar-refractivity contribution in [1.29, 1.82) is 0 Å². The maximum Gasteiger partial charge on any atom is 0.255 e. The Morgan fingerprint density at radius 3 is 2.62 bits per heavy atom. The lowest BCUT2D eigenvalue weighted by Crippen LogP contribution is -2.36. The molecular weight excluding hydrogens is 270 g/mol. The molecule has 0 aliphatic heterocycles. The molecule has 0 fully saturated rings. The molecule has 2 N–H and O–H groups in total. The Balaban J connectivity index is 2.93. The monoisotopic (exact) mass is 285 g/mol. The minimum atomic E-state index is -1.36. The van der Waals surface area contributed by atoms with Crippen LogP contribution in [-0.4, -0.2) is 16.6 Å². The van der Waals surface area contributed by atoms with Crippen LogP contribution in [0.2, 0.25) is 0 Å². The molecule has 0 saturated carbocycles. The predicted molar refractivity (Wildman–Crippen MR) is 68.4 cm³/mol. The van der Waals surface area contributed by atoms with E-state index in [2.05, 4.69) is 21.2 Å². The molecule has 0 saturated heterocycles. The number of hydrogen-bond acceptors (Lipinski definition) is 2. The van der Waals surface area contributed by atoms with E-state index in [4.69, 9.17) is 0 Å². The minimum absolute atomic E-state index is 0.399. The largest absolute Gasteiger partial charge is 0.381 e. The number of hydrogen-bond donors (Lipinski definition) is 2. The van der Waals surface area contributed by atoms with E-state index in [1.165, 1.54) is 13.8 Å². The van der Waals surface area contributed by atoms with Crippen molar-refractivity contribution >= 4 is 27.5 Å². The van der Waals surface area contributed by atoms with Gasteiger partial charge in [-0.2, -0.15) is 0 Å². The fourth-order valence-electron chi connectivity index (χ4n) is 1.25. The molecule has 4 heteroatoms. The molecular formula is C12H16BrNO2. The highest BCUT2D eigenvalue weighted by Crippen LogP contribution is 2.22. The van der Waals surface area contributed by atoms with Gasteiger partial charge < -0.3 is 10.4 Å². The maximum absolute atomic E-state index is 11.6. The van der Waals surface area contributed by atoms with E-state index < -0.39 is 11.5 Å². The molecule has 3 nitrogen and oxygen atoms in total. The standard InChI is InChI=1S/C12H16BrNO2/c1-4-8-7-9(13)5-6-10(8)14-11(15)12(2,3)16/h5-7,16H,4H2,1-3H3,(H,14,15). The summed E-state index contributed by atoms with van der Waals surface area (Å²) in [6, 6.07) is 5.64.